The van der Waals surface area contributed by atoms with Crippen molar-refractivity contribution in [2.24, 2.45) is 0 Å². The lowest BCUT2D eigenvalue weighted by molar-refractivity contribution is 0.547. The van der Waals surface area contributed by atoms with Gasteiger partial charge in [-0.2, -0.15) is 0 Å². The van der Waals surface area contributed by atoms with E-state index in [9.17, 15) is 0 Å². The number of nitrogens with zero attached hydrogens (tertiary/aromatic N) is 1. The molecule has 0 unspecified atom stereocenters. The summed E-state index contributed by atoms with van der Waals surface area (Å²) in [7, 11) is 2.05. The molecule has 0 bridgehead atoms. The van der Waals surface area contributed by atoms with Gasteiger partial charge in [0.25, 0.3) is 0 Å². The van der Waals surface area contributed by atoms with Gasteiger partial charge in [0.1, 0.15) is 0 Å². The van der Waals surface area contributed by atoms with Crippen LogP contribution in [-0.4, -0.2) is 11.9 Å². The molecule has 0 saturated heterocycles. The number of hydrogen-bond acceptors (Lipinski definition) is 2. The third kappa shape index (κ3) is 2.83. The lowest BCUT2D eigenvalue weighted by Crippen LogP contribution is -2.21. The van der Waals surface area contributed by atoms with Crippen LogP contribution in [0.1, 0.15) is 13.8 Å². The number of hydrogen-bond donors (Lipinski definition) is 0. The first kappa shape index (κ1) is 13.7. The molecule has 0 fully saturated rings. The summed E-state index contributed by atoms with van der Waals surface area (Å²) < 4.78 is 0. The monoisotopic (exact) mass is 245 g/mol. The molecule has 0 N–H and O–H groups in total. The molecular formula is C15H19NS. The quantitative estimate of drug-likeness (QED) is 0.714. The molecule has 0 aromatic heterocycles. The van der Waals surface area contributed by atoms with Gasteiger partial charge < -0.3 is 4.90 Å². The van der Waals surface area contributed by atoms with E-state index in [2.05, 4.69) is 50.3 Å². The molecule has 0 atom stereocenters. The van der Waals surface area contributed by atoms with E-state index in [-0.39, 0.29) is 0 Å². The molecule has 1 rings (SSSR count). The Morgan fingerprint density at radius 2 is 1.88 bits per heavy atom. The van der Waals surface area contributed by atoms with E-state index in [0.29, 0.717) is 0 Å². The van der Waals surface area contributed by atoms with Gasteiger partial charge >= 0.3 is 0 Å². The third-order valence-corrected chi connectivity index (χ3v) is 3.80. The topological polar surface area (TPSA) is 3.24 Å². The molecule has 1 aliphatic rings. The molecule has 1 aliphatic heterocycles. The Hall–Kier alpha value is -1.41. The van der Waals surface area contributed by atoms with E-state index in [4.69, 9.17) is 0 Å². The molecule has 17 heavy (non-hydrogen) atoms. The summed E-state index contributed by atoms with van der Waals surface area (Å²) in [6.07, 6.45) is 12.1. The van der Waals surface area contributed by atoms with Crippen LogP contribution >= 0.6 is 11.8 Å². The summed E-state index contributed by atoms with van der Waals surface area (Å²) >= 11 is 1.73. The van der Waals surface area contributed by atoms with Crippen LogP contribution in [0, 0.1) is 0 Å². The third-order valence-electron chi connectivity index (χ3n) is 2.54. The summed E-state index contributed by atoms with van der Waals surface area (Å²) in [4.78, 5) is 4.54. The van der Waals surface area contributed by atoms with Crippen molar-refractivity contribution < 1.29 is 0 Å². The summed E-state index contributed by atoms with van der Waals surface area (Å²) in [5, 5.41) is 0. The second-order valence-corrected chi connectivity index (χ2v) is 4.63. The molecule has 2 heteroatoms. The average Bonchev–Trinajstić information content (AvgIpc) is 2.36. The Kier molecular flexibility index (Phi) is 5.11. The summed E-state index contributed by atoms with van der Waals surface area (Å²) in [6.45, 7) is 11.8. The number of rotatable bonds is 3. The molecule has 0 aromatic rings. The zero-order valence-electron chi connectivity index (χ0n) is 10.7. The lowest BCUT2D eigenvalue weighted by Gasteiger charge is -2.31. The minimum atomic E-state index is 1.10. The molecule has 90 valence electrons. The predicted molar refractivity (Wildman–Crippen MR) is 79.4 cm³/mol. The van der Waals surface area contributed by atoms with Crippen LogP contribution in [0.25, 0.3) is 0 Å². The molecule has 1 nitrogen and oxygen atoms in total. The van der Waals surface area contributed by atoms with Crippen molar-refractivity contribution in [3.63, 3.8) is 0 Å². The van der Waals surface area contributed by atoms with Crippen molar-refractivity contribution in [2.75, 3.05) is 7.05 Å². The van der Waals surface area contributed by atoms with Crippen LogP contribution in [0.15, 0.2) is 70.8 Å². The molecule has 0 amide bonds. The van der Waals surface area contributed by atoms with Gasteiger partial charge in [-0.05, 0) is 26.0 Å². The minimum Gasteiger partial charge on any atom is -0.343 e. The first-order valence-corrected chi connectivity index (χ1v) is 6.41. The largest absolute Gasteiger partial charge is 0.343 e. The van der Waals surface area contributed by atoms with Crippen molar-refractivity contribution >= 4 is 11.8 Å². The van der Waals surface area contributed by atoms with Crippen LogP contribution in [0.5, 0.6) is 0 Å². The molecule has 1 heterocycles. The van der Waals surface area contributed by atoms with E-state index in [1.807, 2.05) is 25.2 Å². The molecule has 0 aromatic carbocycles. The van der Waals surface area contributed by atoms with E-state index in [1.54, 1.807) is 11.8 Å². The van der Waals surface area contributed by atoms with Crippen molar-refractivity contribution in [1.82, 2.24) is 4.90 Å². The maximum atomic E-state index is 3.87. The van der Waals surface area contributed by atoms with Crippen molar-refractivity contribution in [2.45, 2.75) is 13.8 Å². The number of allylic oxidation sites excluding steroid dienone is 6. The highest BCUT2D eigenvalue weighted by Gasteiger charge is 2.21. The van der Waals surface area contributed by atoms with Crippen molar-refractivity contribution in [1.29, 1.82) is 0 Å². The fourth-order valence-corrected chi connectivity index (χ4v) is 2.73. The lowest BCUT2D eigenvalue weighted by atomic mass is 10.2. The van der Waals surface area contributed by atoms with Gasteiger partial charge in [-0.25, -0.2) is 0 Å². The zero-order chi connectivity index (χ0) is 12.8. The van der Waals surface area contributed by atoms with Crippen LogP contribution in [0.3, 0.4) is 0 Å². The van der Waals surface area contributed by atoms with Gasteiger partial charge in [0, 0.05) is 16.9 Å². The zero-order valence-corrected chi connectivity index (χ0v) is 11.6. The molecular weight excluding hydrogens is 226 g/mol. The Bertz CT molecular complexity index is 436. The summed E-state index contributed by atoms with van der Waals surface area (Å²) in [5.41, 5.74) is 2.29. The highest BCUT2D eigenvalue weighted by atomic mass is 32.2. The summed E-state index contributed by atoms with van der Waals surface area (Å²) in [6, 6.07) is 0. The van der Waals surface area contributed by atoms with E-state index < -0.39 is 0 Å². The fourth-order valence-electron chi connectivity index (χ4n) is 1.66. The van der Waals surface area contributed by atoms with Gasteiger partial charge in [-0.15, -0.1) is 0 Å². The van der Waals surface area contributed by atoms with Crippen molar-refractivity contribution in [3.8, 4) is 0 Å². The van der Waals surface area contributed by atoms with Gasteiger partial charge in [0.2, 0.25) is 0 Å². The second kappa shape index (κ2) is 6.36. The molecule has 0 spiro atoms. The van der Waals surface area contributed by atoms with E-state index >= 15 is 0 Å². The first-order chi connectivity index (χ1) is 8.19. The smallest absolute Gasteiger partial charge is 0.0546 e. The molecule has 0 saturated carbocycles. The number of likely N-dealkylation sites (N-methyl/N-ethyl adjacent to an activating group) is 1. The van der Waals surface area contributed by atoms with E-state index in [0.717, 1.165) is 10.6 Å². The Labute approximate surface area is 109 Å². The standard InChI is InChI=1S/C15H19NS/c1-6-10-11-13-15(9-4)17-14(8-3)12(7-2)16(13)5/h6-11H,2-3H2,1,4-5H3/b10-6-,13-11+,15-9+. The van der Waals surface area contributed by atoms with Crippen LogP contribution < -0.4 is 0 Å². The van der Waals surface area contributed by atoms with Gasteiger partial charge in [-0.1, -0.05) is 49.2 Å². The van der Waals surface area contributed by atoms with Gasteiger partial charge in [0.05, 0.1) is 11.4 Å². The second-order valence-electron chi connectivity index (χ2n) is 3.55. The Morgan fingerprint density at radius 1 is 1.18 bits per heavy atom. The molecule has 0 aliphatic carbocycles. The minimum absolute atomic E-state index is 1.10. The molecule has 0 radical (unpaired) electrons. The highest BCUT2D eigenvalue weighted by molar-refractivity contribution is 8.07. The fraction of sp³-hybridized carbons (Fsp3) is 0.200. The summed E-state index contributed by atoms with van der Waals surface area (Å²) in [5.74, 6) is 0. The SMILES string of the molecule is C=CC1=C(C=C)N(C)C(=C/C=C\C)/C(=C\C)S1. The Morgan fingerprint density at radius 3 is 2.35 bits per heavy atom. The van der Waals surface area contributed by atoms with Gasteiger partial charge in [-0.3, -0.25) is 0 Å². The van der Waals surface area contributed by atoms with Gasteiger partial charge in [0.15, 0.2) is 0 Å². The first-order valence-electron chi connectivity index (χ1n) is 5.60. The normalized spacial score (nSPS) is 21.7. The van der Waals surface area contributed by atoms with Crippen LogP contribution in [-0.2, 0) is 0 Å². The highest BCUT2D eigenvalue weighted by Crippen LogP contribution is 2.41. The maximum absolute atomic E-state index is 3.87. The predicted octanol–water partition coefficient (Wildman–Crippen LogP) is 4.61. The number of thioether (sulfide) groups is 1. The van der Waals surface area contributed by atoms with Crippen LogP contribution in [0.2, 0.25) is 0 Å². The van der Waals surface area contributed by atoms with Crippen LogP contribution in [0.4, 0.5) is 0 Å². The average molecular weight is 245 g/mol. The van der Waals surface area contributed by atoms with E-state index in [1.165, 1.54) is 10.6 Å². The van der Waals surface area contributed by atoms with Crippen molar-refractivity contribution in [3.05, 3.63) is 70.8 Å². The maximum Gasteiger partial charge on any atom is 0.0546 e. The Balaban J connectivity index is 3.31.